The van der Waals surface area contributed by atoms with E-state index in [9.17, 15) is 9.59 Å². The van der Waals surface area contributed by atoms with E-state index in [1.807, 2.05) is 54.3 Å². The highest BCUT2D eigenvalue weighted by atomic mass is 16.5. The second-order valence-corrected chi connectivity index (χ2v) is 7.18. The van der Waals surface area contributed by atoms with Crippen LogP contribution in [0.4, 0.5) is 0 Å². The van der Waals surface area contributed by atoms with Gasteiger partial charge in [-0.3, -0.25) is 9.59 Å². The molecule has 0 radical (unpaired) electrons. The molecule has 1 atom stereocenters. The number of hydrogen-bond donors (Lipinski definition) is 1. The average Bonchev–Trinajstić information content (AvgIpc) is 3.17. The molecule has 3 rings (SSSR count). The number of rotatable bonds is 8. The number of nitrogens with one attached hydrogen (secondary N) is 1. The van der Waals surface area contributed by atoms with E-state index in [1.54, 1.807) is 26.4 Å². The van der Waals surface area contributed by atoms with Gasteiger partial charge in [0, 0.05) is 30.6 Å². The van der Waals surface area contributed by atoms with Crippen LogP contribution >= 0.6 is 0 Å². The summed E-state index contributed by atoms with van der Waals surface area (Å²) >= 11 is 0. The lowest BCUT2D eigenvalue weighted by molar-refractivity contribution is -0.128. The minimum atomic E-state index is -0.306. The SMILES string of the molecule is C/C=C/c1cc(C(=O)N[C@@H](CN2CCCC2=O)c2ccccc2)cc(OC)c1OC. The molecule has 0 unspecified atom stereocenters. The second-order valence-electron chi connectivity index (χ2n) is 7.18. The van der Waals surface area contributed by atoms with Crippen LogP contribution in [0.3, 0.4) is 0 Å². The molecule has 1 heterocycles. The number of allylic oxidation sites excluding steroid dienone is 1. The van der Waals surface area contributed by atoms with Gasteiger partial charge in [0.25, 0.3) is 5.91 Å². The van der Waals surface area contributed by atoms with Crippen LogP contribution < -0.4 is 14.8 Å². The minimum absolute atomic E-state index is 0.131. The summed E-state index contributed by atoms with van der Waals surface area (Å²) in [4.78, 5) is 27.1. The standard InChI is InChI=1S/C24H28N2O4/c1-4-9-18-14-19(15-21(29-2)23(18)30-3)24(28)25-20(17-10-6-5-7-11-17)16-26-13-8-12-22(26)27/h4-7,9-11,14-15,20H,8,12-13,16H2,1-3H3,(H,25,28)/b9-4+/t20-/m0/s1. The van der Waals surface area contributed by atoms with Gasteiger partial charge in [0.05, 0.1) is 20.3 Å². The van der Waals surface area contributed by atoms with Crippen molar-refractivity contribution in [2.75, 3.05) is 27.3 Å². The molecule has 1 aliphatic rings. The van der Waals surface area contributed by atoms with Gasteiger partial charge >= 0.3 is 0 Å². The maximum atomic E-state index is 13.2. The number of benzene rings is 2. The van der Waals surface area contributed by atoms with Crippen LogP contribution in [0.25, 0.3) is 6.08 Å². The number of ether oxygens (including phenoxy) is 2. The molecule has 2 aromatic rings. The predicted molar refractivity (Wildman–Crippen MR) is 117 cm³/mol. The lowest BCUT2D eigenvalue weighted by Crippen LogP contribution is -2.38. The molecule has 0 aromatic heterocycles. The Morgan fingerprint density at radius 2 is 1.97 bits per heavy atom. The average molecular weight is 408 g/mol. The van der Waals surface area contributed by atoms with Crippen molar-refractivity contribution in [2.24, 2.45) is 0 Å². The third kappa shape index (κ3) is 4.82. The topological polar surface area (TPSA) is 67.9 Å². The van der Waals surface area contributed by atoms with Crippen LogP contribution in [0.2, 0.25) is 0 Å². The van der Waals surface area contributed by atoms with Crippen molar-refractivity contribution < 1.29 is 19.1 Å². The number of likely N-dealkylation sites (tertiary alicyclic amines) is 1. The summed E-state index contributed by atoms with van der Waals surface area (Å²) in [6, 6.07) is 12.9. The normalized spacial score (nSPS) is 14.8. The summed E-state index contributed by atoms with van der Waals surface area (Å²) in [7, 11) is 3.12. The van der Waals surface area contributed by atoms with Crippen molar-refractivity contribution in [3.63, 3.8) is 0 Å². The van der Waals surface area contributed by atoms with Gasteiger partial charge < -0.3 is 19.7 Å². The highest BCUT2D eigenvalue weighted by Crippen LogP contribution is 2.34. The second kappa shape index (κ2) is 9.96. The smallest absolute Gasteiger partial charge is 0.251 e. The van der Waals surface area contributed by atoms with Crippen LogP contribution in [0.15, 0.2) is 48.5 Å². The number of nitrogens with zero attached hydrogens (tertiary/aromatic N) is 1. The van der Waals surface area contributed by atoms with Gasteiger partial charge in [0.2, 0.25) is 5.91 Å². The lowest BCUT2D eigenvalue weighted by Gasteiger charge is -2.25. The molecule has 2 amide bonds. The first-order valence-corrected chi connectivity index (χ1v) is 10.1. The van der Waals surface area contributed by atoms with Crippen molar-refractivity contribution in [2.45, 2.75) is 25.8 Å². The summed E-state index contributed by atoms with van der Waals surface area (Å²) in [6.45, 7) is 3.07. The van der Waals surface area contributed by atoms with Gasteiger partial charge in [-0.25, -0.2) is 0 Å². The number of hydrogen-bond acceptors (Lipinski definition) is 4. The van der Waals surface area contributed by atoms with Gasteiger partial charge in [-0.1, -0.05) is 42.5 Å². The molecule has 0 spiro atoms. The zero-order valence-corrected chi connectivity index (χ0v) is 17.7. The first-order valence-electron chi connectivity index (χ1n) is 10.1. The van der Waals surface area contributed by atoms with Crippen LogP contribution in [0.5, 0.6) is 11.5 Å². The highest BCUT2D eigenvalue weighted by molar-refractivity contribution is 5.96. The lowest BCUT2D eigenvalue weighted by atomic mass is 10.0. The van der Waals surface area contributed by atoms with Crippen LogP contribution in [0.1, 0.15) is 47.3 Å². The molecule has 6 nitrogen and oxygen atoms in total. The van der Waals surface area contributed by atoms with Gasteiger partial charge in [0.1, 0.15) is 0 Å². The van der Waals surface area contributed by atoms with Crippen molar-refractivity contribution in [1.82, 2.24) is 10.2 Å². The molecule has 1 fully saturated rings. The van der Waals surface area contributed by atoms with E-state index in [0.29, 0.717) is 30.0 Å². The van der Waals surface area contributed by atoms with Crippen LogP contribution in [-0.2, 0) is 4.79 Å². The fraction of sp³-hybridized carbons (Fsp3) is 0.333. The molecular formula is C24H28N2O4. The van der Waals surface area contributed by atoms with E-state index in [-0.39, 0.29) is 17.9 Å². The largest absolute Gasteiger partial charge is 0.493 e. The van der Waals surface area contributed by atoms with Crippen molar-refractivity contribution in [1.29, 1.82) is 0 Å². The molecule has 1 saturated heterocycles. The Morgan fingerprint density at radius 3 is 2.57 bits per heavy atom. The molecule has 0 aliphatic carbocycles. The Hall–Kier alpha value is -3.28. The Morgan fingerprint density at radius 1 is 1.20 bits per heavy atom. The summed E-state index contributed by atoms with van der Waals surface area (Å²) in [6.07, 6.45) is 5.18. The number of carbonyl (C=O) groups is 2. The van der Waals surface area contributed by atoms with E-state index in [0.717, 1.165) is 24.1 Å². The minimum Gasteiger partial charge on any atom is -0.493 e. The molecule has 6 heteroatoms. The zero-order valence-electron chi connectivity index (χ0n) is 17.7. The van der Waals surface area contributed by atoms with Crippen LogP contribution in [-0.4, -0.2) is 44.0 Å². The van der Waals surface area contributed by atoms with Crippen molar-refractivity contribution >= 4 is 17.9 Å². The third-order valence-corrected chi connectivity index (χ3v) is 5.20. The monoisotopic (exact) mass is 408 g/mol. The number of methoxy groups -OCH3 is 2. The summed E-state index contributed by atoms with van der Waals surface area (Å²) in [5.41, 5.74) is 2.18. The van der Waals surface area contributed by atoms with E-state index < -0.39 is 0 Å². The Balaban J connectivity index is 1.90. The summed E-state index contributed by atoms with van der Waals surface area (Å²) < 4.78 is 10.9. The quantitative estimate of drug-likeness (QED) is 0.721. The number of carbonyl (C=O) groups excluding carboxylic acids is 2. The Labute approximate surface area is 177 Å². The maximum absolute atomic E-state index is 13.2. The van der Waals surface area contributed by atoms with Gasteiger partial charge in [0.15, 0.2) is 11.5 Å². The van der Waals surface area contributed by atoms with Crippen LogP contribution in [0, 0.1) is 0 Å². The summed E-state index contributed by atoms with van der Waals surface area (Å²) in [5.74, 6) is 0.965. The van der Waals surface area contributed by atoms with Crippen molar-refractivity contribution in [3.05, 3.63) is 65.2 Å². The maximum Gasteiger partial charge on any atom is 0.251 e. The first-order chi connectivity index (χ1) is 14.6. The first kappa shape index (κ1) is 21.4. The molecular weight excluding hydrogens is 380 g/mol. The predicted octanol–water partition coefficient (Wildman–Crippen LogP) is 3.83. The molecule has 30 heavy (non-hydrogen) atoms. The fourth-order valence-electron chi connectivity index (χ4n) is 3.71. The van der Waals surface area contributed by atoms with E-state index in [2.05, 4.69) is 5.32 Å². The fourth-order valence-corrected chi connectivity index (χ4v) is 3.71. The summed E-state index contributed by atoms with van der Waals surface area (Å²) in [5, 5.41) is 3.10. The Kier molecular flexibility index (Phi) is 7.12. The van der Waals surface area contributed by atoms with Crippen molar-refractivity contribution in [3.8, 4) is 11.5 Å². The highest BCUT2D eigenvalue weighted by Gasteiger charge is 2.26. The molecule has 0 saturated carbocycles. The van der Waals surface area contributed by atoms with E-state index >= 15 is 0 Å². The van der Waals surface area contributed by atoms with Gasteiger partial charge in [-0.2, -0.15) is 0 Å². The Bertz CT molecular complexity index is 924. The number of amides is 2. The molecule has 1 aliphatic heterocycles. The molecule has 1 N–H and O–H groups in total. The molecule has 0 bridgehead atoms. The third-order valence-electron chi connectivity index (χ3n) is 5.20. The van der Waals surface area contributed by atoms with E-state index in [1.165, 1.54) is 0 Å². The van der Waals surface area contributed by atoms with Gasteiger partial charge in [-0.15, -0.1) is 0 Å². The molecule has 2 aromatic carbocycles. The van der Waals surface area contributed by atoms with Gasteiger partial charge in [-0.05, 0) is 31.0 Å². The van der Waals surface area contributed by atoms with E-state index in [4.69, 9.17) is 9.47 Å². The molecule has 158 valence electrons. The zero-order chi connectivity index (χ0) is 21.5.